The second-order valence-electron chi connectivity index (χ2n) is 5.65. The first-order valence-electron chi connectivity index (χ1n) is 7.28. The van der Waals surface area contributed by atoms with Crippen LogP contribution in [0, 0.1) is 0 Å². The maximum atomic E-state index is 3.55. The van der Waals surface area contributed by atoms with E-state index >= 15 is 0 Å². The van der Waals surface area contributed by atoms with Crippen molar-refractivity contribution in [2.24, 2.45) is 0 Å². The fourth-order valence-electron chi connectivity index (χ4n) is 2.85. The van der Waals surface area contributed by atoms with E-state index < -0.39 is 13.3 Å². The Morgan fingerprint density at radius 3 is 0.913 bits per heavy atom. The predicted molar refractivity (Wildman–Crippen MR) is 113 cm³/mol. The third-order valence-electron chi connectivity index (χ3n) is 4.26. The second kappa shape index (κ2) is 7.26. The van der Waals surface area contributed by atoms with E-state index in [1.807, 2.05) is 0 Å². The summed E-state index contributed by atoms with van der Waals surface area (Å²) in [5, 5.41) is 0. The minimum atomic E-state index is -2.64. The number of halogens is 3. The van der Waals surface area contributed by atoms with E-state index in [-0.39, 0.29) is 0 Å². The van der Waals surface area contributed by atoms with Gasteiger partial charge in [-0.1, -0.05) is 0 Å². The monoisotopic (exact) mass is 554 g/mol. The van der Waals surface area contributed by atoms with Gasteiger partial charge in [0.1, 0.15) is 0 Å². The molecule has 0 aliphatic rings. The van der Waals surface area contributed by atoms with Gasteiger partial charge in [0.05, 0.1) is 0 Å². The second-order valence-corrected chi connectivity index (χ2v) is 16.7. The minimum absolute atomic E-state index is 1.12. The molecule has 0 fully saturated rings. The first-order valence-corrected chi connectivity index (χ1v) is 14.9. The third kappa shape index (κ3) is 3.68. The Labute approximate surface area is 165 Å². The van der Waals surface area contributed by atoms with Crippen molar-refractivity contribution in [1.29, 1.82) is 0 Å². The first kappa shape index (κ1) is 17.5. The molecule has 0 saturated heterocycles. The van der Waals surface area contributed by atoms with Crippen LogP contribution in [0.15, 0.2) is 86.2 Å². The summed E-state index contributed by atoms with van der Waals surface area (Å²) in [5.74, 6) is 2.47. The van der Waals surface area contributed by atoms with Gasteiger partial charge in [0.25, 0.3) is 0 Å². The maximum absolute atomic E-state index is 3.55. The predicted octanol–water partition coefficient (Wildman–Crippen LogP) is 5.07. The molecule has 0 bridgehead atoms. The van der Waals surface area contributed by atoms with E-state index in [2.05, 4.69) is 126 Å². The van der Waals surface area contributed by atoms with Crippen molar-refractivity contribution < 1.29 is 0 Å². The Morgan fingerprint density at radius 1 is 0.478 bits per heavy atom. The van der Waals surface area contributed by atoms with Crippen molar-refractivity contribution in [3.8, 4) is 0 Å². The molecule has 0 radical (unpaired) electrons. The summed E-state index contributed by atoms with van der Waals surface area (Å²) < 4.78 is 7.74. The molecule has 0 atom stereocenters. The van der Waals surface area contributed by atoms with Crippen LogP contribution in [0.1, 0.15) is 0 Å². The quantitative estimate of drug-likeness (QED) is 0.396. The van der Waals surface area contributed by atoms with Gasteiger partial charge in [0.2, 0.25) is 0 Å². The van der Waals surface area contributed by atoms with E-state index in [0.29, 0.717) is 0 Å². The van der Waals surface area contributed by atoms with Crippen molar-refractivity contribution in [1.82, 2.24) is 0 Å². The van der Waals surface area contributed by atoms with Crippen molar-refractivity contribution in [3.05, 3.63) is 86.2 Å². The van der Waals surface area contributed by atoms with E-state index in [1.165, 1.54) is 13.2 Å². The van der Waals surface area contributed by atoms with Crippen LogP contribution in [0.3, 0.4) is 0 Å². The van der Waals surface area contributed by atoms with Gasteiger partial charge in [0.15, 0.2) is 0 Å². The van der Waals surface area contributed by atoms with Gasteiger partial charge in [-0.3, -0.25) is 0 Å². The van der Waals surface area contributed by atoms with Gasteiger partial charge in [-0.2, -0.15) is 0 Å². The van der Waals surface area contributed by atoms with Gasteiger partial charge in [-0.15, -0.1) is 0 Å². The standard InChI is InChI=1S/C19H15Br3Ge/c1-23(17-8-2-14(20)3-9-17,18-10-4-15(21)5-11-18)19-12-6-16(22)7-13-19/h2-13H,1H3. The van der Waals surface area contributed by atoms with Gasteiger partial charge < -0.3 is 0 Å². The first-order chi connectivity index (χ1) is 11.0. The van der Waals surface area contributed by atoms with Gasteiger partial charge in [0, 0.05) is 0 Å². The summed E-state index contributed by atoms with van der Waals surface area (Å²) in [4.78, 5) is 0. The summed E-state index contributed by atoms with van der Waals surface area (Å²) in [6, 6.07) is 26.5. The molecule has 23 heavy (non-hydrogen) atoms. The van der Waals surface area contributed by atoms with Crippen molar-refractivity contribution >= 4 is 74.2 Å². The fraction of sp³-hybridized carbons (Fsp3) is 0.0526. The molecule has 3 rings (SSSR count). The summed E-state index contributed by atoms with van der Waals surface area (Å²) >= 11 is 8.02. The molecule has 116 valence electrons. The van der Waals surface area contributed by atoms with Crippen LogP contribution in [0.2, 0.25) is 5.76 Å². The van der Waals surface area contributed by atoms with Crippen LogP contribution in [-0.2, 0) is 0 Å². The number of hydrogen-bond acceptors (Lipinski definition) is 0. The summed E-state index contributed by atoms with van der Waals surface area (Å²) in [5.41, 5.74) is 0. The number of rotatable bonds is 3. The Kier molecular flexibility index (Phi) is 5.51. The molecule has 0 aromatic heterocycles. The van der Waals surface area contributed by atoms with Crippen LogP contribution >= 0.6 is 47.8 Å². The van der Waals surface area contributed by atoms with E-state index in [4.69, 9.17) is 0 Å². The van der Waals surface area contributed by atoms with Gasteiger partial charge >= 0.3 is 166 Å². The SMILES string of the molecule is [CH3][Ge]([c]1ccc(Br)cc1)([c]1ccc(Br)cc1)[c]1ccc(Br)cc1. The molecular weight excluding hydrogens is 541 g/mol. The zero-order valence-corrected chi connectivity index (χ0v) is 19.4. The van der Waals surface area contributed by atoms with Crippen LogP contribution in [0.25, 0.3) is 0 Å². The molecule has 0 spiro atoms. The molecule has 0 N–H and O–H groups in total. The van der Waals surface area contributed by atoms with Gasteiger partial charge in [-0.25, -0.2) is 0 Å². The number of benzene rings is 3. The van der Waals surface area contributed by atoms with E-state index in [0.717, 1.165) is 13.4 Å². The normalized spacial score (nSPS) is 11.5. The average molecular weight is 556 g/mol. The van der Waals surface area contributed by atoms with Crippen molar-refractivity contribution in [2.45, 2.75) is 5.76 Å². The molecule has 3 aromatic rings. The molecule has 0 heterocycles. The molecular formula is C19H15Br3Ge. The molecule has 0 saturated carbocycles. The Balaban J connectivity index is 2.21. The fourth-order valence-corrected chi connectivity index (χ4v) is 11.0. The molecule has 3 aromatic carbocycles. The molecule has 0 nitrogen and oxygen atoms in total. The molecule has 0 aliphatic heterocycles. The number of hydrogen-bond donors (Lipinski definition) is 0. The Hall–Kier alpha value is -0.357. The van der Waals surface area contributed by atoms with E-state index in [9.17, 15) is 0 Å². The van der Waals surface area contributed by atoms with Gasteiger partial charge in [-0.05, 0) is 0 Å². The summed E-state index contributed by atoms with van der Waals surface area (Å²) in [7, 11) is 0. The third-order valence-corrected chi connectivity index (χ3v) is 15.2. The Bertz CT molecular complexity index is 683. The van der Waals surface area contributed by atoms with Crippen molar-refractivity contribution in [3.63, 3.8) is 0 Å². The van der Waals surface area contributed by atoms with Crippen LogP contribution in [0.4, 0.5) is 0 Å². The van der Waals surface area contributed by atoms with Crippen molar-refractivity contribution in [2.75, 3.05) is 0 Å². The van der Waals surface area contributed by atoms with Crippen LogP contribution < -0.4 is 13.2 Å². The van der Waals surface area contributed by atoms with E-state index in [1.54, 1.807) is 0 Å². The molecule has 0 aliphatic carbocycles. The zero-order valence-electron chi connectivity index (χ0n) is 12.6. The average Bonchev–Trinajstić information content (AvgIpc) is 2.56. The molecule has 0 amide bonds. The summed E-state index contributed by atoms with van der Waals surface area (Å²) in [6.45, 7) is 0. The van der Waals surface area contributed by atoms with Crippen LogP contribution in [0.5, 0.6) is 0 Å². The zero-order chi connectivity index (χ0) is 16.4. The Morgan fingerprint density at radius 2 is 0.696 bits per heavy atom. The molecule has 0 unspecified atom stereocenters. The summed E-state index contributed by atoms with van der Waals surface area (Å²) in [6.07, 6.45) is 0. The topological polar surface area (TPSA) is 0 Å². The molecule has 4 heteroatoms. The van der Waals surface area contributed by atoms with Crippen LogP contribution in [-0.4, -0.2) is 13.3 Å².